The molecular weight excluding hydrogens is 450 g/mol. The molecule has 0 spiro atoms. The predicted octanol–water partition coefficient (Wildman–Crippen LogP) is 2.07. The molecule has 10 heteroatoms. The maximum absolute atomic E-state index is 13.2. The lowest BCUT2D eigenvalue weighted by atomic mass is 10.2. The van der Waals surface area contributed by atoms with Gasteiger partial charge >= 0.3 is 0 Å². The standard InChI is InChI=1S/C22H33N3O5S2/c1-17-14-25(15-18(2)30-17)32(27,28)24-11-9-23(10-12-24)22(26)20-7-3-4-8-21(20)31-16-19-6-5-13-29-19/h3-4,7-8,17-19H,5-6,9-16H2,1-2H3. The van der Waals surface area contributed by atoms with Gasteiger partial charge in [0, 0.05) is 56.5 Å². The fourth-order valence-electron chi connectivity index (χ4n) is 4.50. The molecule has 178 valence electrons. The largest absolute Gasteiger partial charge is 0.377 e. The van der Waals surface area contributed by atoms with Crippen LogP contribution in [0.4, 0.5) is 0 Å². The monoisotopic (exact) mass is 483 g/mol. The first kappa shape index (κ1) is 24.0. The molecule has 3 aliphatic heterocycles. The lowest BCUT2D eigenvalue weighted by molar-refractivity contribution is -0.0457. The van der Waals surface area contributed by atoms with E-state index in [9.17, 15) is 13.2 Å². The van der Waals surface area contributed by atoms with E-state index >= 15 is 0 Å². The Morgan fingerprint density at radius 3 is 2.41 bits per heavy atom. The van der Waals surface area contributed by atoms with Crippen LogP contribution in [0.5, 0.6) is 0 Å². The van der Waals surface area contributed by atoms with Crippen molar-refractivity contribution in [1.29, 1.82) is 0 Å². The third kappa shape index (κ3) is 5.48. The molecule has 3 fully saturated rings. The highest BCUT2D eigenvalue weighted by Gasteiger charge is 2.37. The van der Waals surface area contributed by atoms with Crippen LogP contribution < -0.4 is 0 Å². The highest BCUT2D eigenvalue weighted by Crippen LogP contribution is 2.28. The van der Waals surface area contributed by atoms with Crippen molar-refractivity contribution in [2.75, 3.05) is 51.6 Å². The summed E-state index contributed by atoms with van der Waals surface area (Å²) in [5.41, 5.74) is 0.683. The minimum Gasteiger partial charge on any atom is -0.377 e. The molecular formula is C22H33N3O5S2. The average Bonchev–Trinajstić information content (AvgIpc) is 3.30. The van der Waals surface area contributed by atoms with Crippen LogP contribution in [0, 0.1) is 0 Å². The lowest BCUT2D eigenvalue weighted by Gasteiger charge is -2.40. The van der Waals surface area contributed by atoms with Gasteiger partial charge < -0.3 is 14.4 Å². The van der Waals surface area contributed by atoms with Gasteiger partial charge in [0.2, 0.25) is 0 Å². The number of rotatable bonds is 6. The van der Waals surface area contributed by atoms with E-state index in [-0.39, 0.29) is 24.2 Å². The van der Waals surface area contributed by atoms with Crippen LogP contribution in [0.15, 0.2) is 29.2 Å². The van der Waals surface area contributed by atoms with Gasteiger partial charge in [-0.2, -0.15) is 17.0 Å². The fraction of sp³-hybridized carbons (Fsp3) is 0.682. The first-order chi connectivity index (χ1) is 15.3. The van der Waals surface area contributed by atoms with Crippen LogP contribution in [0.25, 0.3) is 0 Å². The van der Waals surface area contributed by atoms with Crippen molar-refractivity contribution in [1.82, 2.24) is 13.5 Å². The van der Waals surface area contributed by atoms with Crippen LogP contribution in [0.3, 0.4) is 0 Å². The number of morpholine rings is 1. The van der Waals surface area contributed by atoms with Crippen molar-refractivity contribution in [3.05, 3.63) is 29.8 Å². The van der Waals surface area contributed by atoms with E-state index in [1.165, 1.54) is 8.61 Å². The van der Waals surface area contributed by atoms with Crippen molar-refractivity contribution in [3.8, 4) is 0 Å². The summed E-state index contributed by atoms with van der Waals surface area (Å²) in [4.78, 5) is 16.0. The highest BCUT2D eigenvalue weighted by molar-refractivity contribution is 7.99. The molecule has 1 amide bonds. The van der Waals surface area contributed by atoms with Crippen LogP contribution in [0.2, 0.25) is 0 Å². The van der Waals surface area contributed by atoms with Crippen molar-refractivity contribution in [2.24, 2.45) is 0 Å². The Morgan fingerprint density at radius 2 is 1.75 bits per heavy atom. The Bertz CT molecular complexity index is 889. The molecule has 3 unspecified atom stereocenters. The quantitative estimate of drug-likeness (QED) is 0.577. The Labute approximate surface area is 195 Å². The molecule has 3 saturated heterocycles. The molecule has 8 nitrogen and oxygen atoms in total. The fourth-order valence-corrected chi connectivity index (χ4v) is 7.36. The van der Waals surface area contributed by atoms with Gasteiger partial charge in [-0.3, -0.25) is 4.79 Å². The third-order valence-electron chi connectivity index (χ3n) is 6.13. The molecule has 3 aliphatic rings. The first-order valence-corrected chi connectivity index (χ1v) is 13.8. The molecule has 0 aliphatic carbocycles. The number of ether oxygens (including phenoxy) is 2. The van der Waals surface area contributed by atoms with Crippen molar-refractivity contribution < 1.29 is 22.7 Å². The van der Waals surface area contributed by atoms with E-state index in [1.807, 2.05) is 38.1 Å². The second-order valence-corrected chi connectivity index (χ2v) is 11.7. The predicted molar refractivity (Wildman–Crippen MR) is 124 cm³/mol. The Morgan fingerprint density at radius 1 is 1.06 bits per heavy atom. The van der Waals surface area contributed by atoms with E-state index in [2.05, 4.69) is 0 Å². The van der Waals surface area contributed by atoms with Gasteiger partial charge in [-0.15, -0.1) is 11.8 Å². The molecule has 4 rings (SSSR count). The summed E-state index contributed by atoms with van der Waals surface area (Å²) in [5.74, 6) is 0.804. The van der Waals surface area contributed by atoms with Crippen molar-refractivity contribution >= 4 is 27.9 Å². The minimum atomic E-state index is -3.56. The third-order valence-corrected chi connectivity index (χ3v) is 9.30. The van der Waals surface area contributed by atoms with Gasteiger partial charge in [-0.25, -0.2) is 0 Å². The van der Waals surface area contributed by atoms with E-state index < -0.39 is 10.2 Å². The first-order valence-electron chi connectivity index (χ1n) is 11.4. The molecule has 0 N–H and O–H groups in total. The molecule has 1 aromatic carbocycles. The number of hydrogen-bond donors (Lipinski definition) is 0. The Hall–Kier alpha value is -1.17. The summed E-state index contributed by atoms with van der Waals surface area (Å²) in [7, 11) is -3.56. The molecule has 32 heavy (non-hydrogen) atoms. The van der Waals surface area contributed by atoms with Crippen LogP contribution in [0.1, 0.15) is 37.0 Å². The van der Waals surface area contributed by atoms with Crippen molar-refractivity contribution in [2.45, 2.75) is 49.9 Å². The molecule has 3 heterocycles. The molecule has 0 saturated carbocycles. The molecule has 1 aromatic rings. The second-order valence-electron chi connectivity index (χ2n) is 8.72. The van der Waals surface area contributed by atoms with Gasteiger partial charge in [-0.05, 0) is 38.8 Å². The number of thioether (sulfide) groups is 1. The molecule has 0 radical (unpaired) electrons. The maximum atomic E-state index is 13.2. The van der Waals surface area contributed by atoms with Gasteiger partial charge in [0.1, 0.15) is 0 Å². The minimum absolute atomic E-state index is 0.0360. The number of amides is 1. The zero-order valence-electron chi connectivity index (χ0n) is 18.8. The highest BCUT2D eigenvalue weighted by atomic mass is 32.2. The number of carbonyl (C=O) groups is 1. The second kappa shape index (κ2) is 10.4. The van der Waals surface area contributed by atoms with E-state index in [0.717, 1.165) is 30.1 Å². The number of benzene rings is 1. The van der Waals surface area contributed by atoms with E-state index in [4.69, 9.17) is 9.47 Å². The van der Waals surface area contributed by atoms with E-state index in [0.29, 0.717) is 44.8 Å². The van der Waals surface area contributed by atoms with Gasteiger partial charge in [0.25, 0.3) is 16.1 Å². The lowest BCUT2D eigenvalue weighted by Crippen LogP contribution is -2.57. The summed E-state index contributed by atoms with van der Waals surface area (Å²) in [6.45, 7) is 6.71. The summed E-state index contributed by atoms with van der Waals surface area (Å²) >= 11 is 1.66. The SMILES string of the molecule is CC1CN(S(=O)(=O)N2CCN(C(=O)c3ccccc3SCC3CCCO3)CC2)CC(C)O1. The van der Waals surface area contributed by atoms with Gasteiger partial charge in [-0.1, -0.05) is 12.1 Å². The number of carbonyl (C=O) groups excluding carboxylic acids is 1. The van der Waals surface area contributed by atoms with Crippen LogP contribution in [-0.4, -0.2) is 97.8 Å². The normalized spacial score (nSPS) is 28.2. The number of piperazine rings is 1. The zero-order chi connectivity index (χ0) is 22.7. The maximum Gasteiger partial charge on any atom is 0.282 e. The van der Waals surface area contributed by atoms with Crippen LogP contribution in [-0.2, 0) is 19.7 Å². The smallest absolute Gasteiger partial charge is 0.282 e. The number of hydrogen-bond acceptors (Lipinski definition) is 6. The Balaban J connectivity index is 1.36. The summed E-state index contributed by atoms with van der Waals surface area (Å²) in [5, 5.41) is 0. The topological polar surface area (TPSA) is 79.4 Å². The zero-order valence-corrected chi connectivity index (χ0v) is 20.4. The van der Waals surface area contributed by atoms with Crippen LogP contribution >= 0.6 is 11.8 Å². The Kier molecular flexibility index (Phi) is 7.79. The molecule has 0 bridgehead atoms. The average molecular weight is 484 g/mol. The summed E-state index contributed by atoms with van der Waals surface area (Å²) < 4.78 is 40.6. The molecule has 0 aromatic heterocycles. The van der Waals surface area contributed by atoms with Gasteiger partial charge in [0.15, 0.2) is 0 Å². The number of nitrogens with zero attached hydrogens (tertiary/aromatic N) is 3. The van der Waals surface area contributed by atoms with Gasteiger partial charge in [0.05, 0.1) is 23.9 Å². The van der Waals surface area contributed by atoms with E-state index in [1.54, 1.807) is 16.7 Å². The summed E-state index contributed by atoms with van der Waals surface area (Å²) in [6, 6.07) is 7.67. The molecule has 3 atom stereocenters. The summed E-state index contributed by atoms with van der Waals surface area (Å²) in [6.07, 6.45) is 2.17. The van der Waals surface area contributed by atoms with Crippen molar-refractivity contribution in [3.63, 3.8) is 0 Å².